The average molecular weight is 505 g/mol. The number of aliphatic imine (C=N–C) groups is 2. The van der Waals surface area contributed by atoms with E-state index in [4.69, 9.17) is 9.98 Å². The number of unbranched alkanes of at least 4 members (excludes halogenated alkanes) is 7. The van der Waals surface area contributed by atoms with E-state index in [9.17, 15) is 0 Å². The number of nitrogens with zero attached hydrogens (tertiary/aromatic N) is 2. The Kier molecular flexibility index (Phi) is 15.0. The molecule has 2 aromatic carbocycles. The van der Waals surface area contributed by atoms with Gasteiger partial charge < -0.3 is 0 Å². The molecule has 0 saturated heterocycles. The van der Waals surface area contributed by atoms with E-state index >= 15 is 0 Å². The molecule has 0 amide bonds. The second-order valence-corrected chi connectivity index (χ2v) is 9.63. The van der Waals surface area contributed by atoms with Crippen LogP contribution < -0.4 is 0 Å². The molecule has 0 aliphatic rings. The maximum Gasteiger partial charge on any atom is 0.0636 e. The fraction of sp³-hybridized carbons (Fsp3) is 0.548. The van der Waals surface area contributed by atoms with Crippen LogP contribution in [0.1, 0.15) is 107 Å². The average Bonchev–Trinajstić information content (AvgIpc) is 2.79. The molecule has 2 aromatic rings. The molecule has 2 rings (SSSR count). The van der Waals surface area contributed by atoms with Gasteiger partial charge in [-0.05, 0) is 99.9 Å². The first-order valence-corrected chi connectivity index (χ1v) is 13.2. The van der Waals surface area contributed by atoms with Gasteiger partial charge in [-0.2, -0.15) is 0 Å². The van der Waals surface area contributed by atoms with E-state index in [0.29, 0.717) is 0 Å². The normalized spacial score (nSPS) is 12.1. The molecule has 34 heavy (non-hydrogen) atoms. The van der Waals surface area contributed by atoms with Crippen LogP contribution in [0.2, 0.25) is 0 Å². The van der Waals surface area contributed by atoms with E-state index in [-0.39, 0.29) is 16.5 Å². The number of rotatable bonds is 14. The van der Waals surface area contributed by atoms with Crippen LogP contribution in [-0.2, 0) is 16.5 Å². The molecule has 3 heteroatoms. The van der Waals surface area contributed by atoms with Gasteiger partial charge in [0.05, 0.1) is 22.8 Å². The summed E-state index contributed by atoms with van der Waals surface area (Å²) in [5, 5.41) is 0. The van der Waals surface area contributed by atoms with Crippen molar-refractivity contribution >= 4 is 22.8 Å². The molecule has 0 unspecified atom stereocenters. The fourth-order valence-corrected chi connectivity index (χ4v) is 4.05. The van der Waals surface area contributed by atoms with Crippen molar-refractivity contribution in [1.29, 1.82) is 0 Å². The van der Waals surface area contributed by atoms with E-state index in [0.717, 1.165) is 24.2 Å². The van der Waals surface area contributed by atoms with Gasteiger partial charge in [0.15, 0.2) is 0 Å². The Morgan fingerprint density at radius 3 is 1.35 bits per heavy atom. The Morgan fingerprint density at radius 2 is 0.912 bits per heavy atom. The molecule has 0 atom stereocenters. The summed E-state index contributed by atoms with van der Waals surface area (Å²) in [7, 11) is 0. The molecule has 0 spiro atoms. The van der Waals surface area contributed by atoms with Crippen molar-refractivity contribution in [3.05, 3.63) is 58.7 Å². The van der Waals surface area contributed by atoms with Crippen LogP contribution in [0, 0.1) is 27.7 Å². The van der Waals surface area contributed by atoms with Gasteiger partial charge in [0.2, 0.25) is 0 Å². The zero-order valence-electron chi connectivity index (χ0n) is 22.5. The molecule has 0 aliphatic heterocycles. The maximum atomic E-state index is 5.20. The molecular weight excluding hydrogens is 459 g/mol. The number of hydrogen-bond donors (Lipinski definition) is 0. The van der Waals surface area contributed by atoms with Crippen LogP contribution in [0.3, 0.4) is 0 Å². The van der Waals surface area contributed by atoms with Crippen LogP contribution >= 0.6 is 0 Å². The maximum absolute atomic E-state index is 5.20. The third-order valence-corrected chi connectivity index (χ3v) is 6.63. The fourth-order valence-electron chi connectivity index (χ4n) is 4.05. The number of benzene rings is 2. The first-order chi connectivity index (χ1) is 15.9. The van der Waals surface area contributed by atoms with E-state index in [1.807, 2.05) is 0 Å². The van der Waals surface area contributed by atoms with Crippen molar-refractivity contribution in [2.45, 2.75) is 112 Å². The zero-order valence-corrected chi connectivity index (χ0v) is 23.4. The predicted octanol–water partition coefficient (Wildman–Crippen LogP) is 10.1. The van der Waals surface area contributed by atoms with Gasteiger partial charge in [0.1, 0.15) is 0 Å². The van der Waals surface area contributed by atoms with E-state index in [2.05, 4.69) is 77.9 Å². The molecule has 0 saturated carbocycles. The third kappa shape index (κ3) is 10.7. The minimum absolute atomic E-state index is 0. The first kappa shape index (κ1) is 30.3. The van der Waals surface area contributed by atoms with Crippen molar-refractivity contribution in [3.8, 4) is 0 Å². The Bertz CT molecular complexity index is 927. The predicted molar refractivity (Wildman–Crippen MR) is 148 cm³/mol. The Hall–Kier alpha value is -1.73. The number of aryl methyl sites for hydroxylation is 4. The molecule has 0 bridgehead atoms. The summed E-state index contributed by atoms with van der Waals surface area (Å²) in [6.45, 7) is 13.2. The second-order valence-electron chi connectivity index (χ2n) is 9.63. The van der Waals surface area contributed by atoms with Crippen LogP contribution in [-0.4, -0.2) is 11.4 Å². The minimum atomic E-state index is 0. The standard InChI is InChI=1S/C31H46N2.Ni/c1-7-9-11-12-13-15-17-31(33-29-21-19-25(4)27(6)23-29)30(16-14-10-8-2)32-28-20-18-24(3)26(5)22-28;/h18-23H,7-17H2,1-6H3;/b32-30+,33-31+;. The van der Waals surface area contributed by atoms with Crippen molar-refractivity contribution in [2.24, 2.45) is 9.98 Å². The molecule has 0 aromatic heterocycles. The first-order valence-electron chi connectivity index (χ1n) is 13.2. The van der Waals surface area contributed by atoms with Gasteiger partial charge in [0.25, 0.3) is 0 Å². The van der Waals surface area contributed by atoms with Gasteiger partial charge in [-0.15, -0.1) is 0 Å². The van der Waals surface area contributed by atoms with E-state index in [1.165, 1.54) is 91.5 Å². The quantitative estimate of drug-likeness (QED) is 0.139. The summed E-state index contributed by atoms with van der Waals surface area (Å²) >= 11 is 0. The topological polar surface area (TPSA) is 24.7 Å². The third-order valence-electron chi connectivity index (χ3n) is 6.63. The summed E-state index contributed by atoms with van der Waals surface area (Å²) in [6, 6.07) is 13.1. The smallest absolute Gasteiger partial charge is 0.0636 e. The van der Waals surface area contributed by atoms with Gasteiger partial charge in [-0.3, -0.25) is 9.98 Å². The molecule has 0 fully saturated rings. The number of hydrogen-bond acceptors (Lipinski definition) is 2. The van der Waals surface area contributed by atoms with Gasteiger partial charge in [-0.1, -0.05) is 70.9 Å². The Labute approximate surface area is 219 Å². The second kappa shape index (κ2) is 16.8. The van der Waals surface area contributed by atoms with Gasteiger partial charge in [0, 0.05) is 16.5 Å². The summed E-state index contributed by atoms with van der Waals surface area (Å²) in [6.07, 6.45) is 13.4. The van der Waals surface area contributed by atoms with Gasteiger partial charge in [-0.25, -0.2) is 0 Å². The van der Waals surface area contributed by atoms with Crippen molar-refractivity contribution < 1.29 is 16.5 Å². The molecule has 0 aliphatic carbocycles. The minimum Gasteiger partial charge on any atom is -0.252 e. The van der Waals surface area contributed by atoms with Crippen molar-refractivity contribution in [2.75, 3.05) is 0 Å². The molecule has 0 heterocycles. The van der Waals surface area contributed by atoms with Crippen molar-refractivity contribution in [1.82, 2.24) is 0 Å². The largest absolute Gasteiger partial charge is 0.252 e. The van der Waals surface area contributed by atoms with Crippen molar-refractivity contribution in [3.63, 3.8) is 0 Å². The Morgan fingerprint density at radius 1 is 0.529 bits per heavy atom. The molecular formula is C31H46N2Ni. The van der Waals surface area contributed by atoms with E-state index < -0.39 is 0 Å². The molecule has 190 valence electrons. The van der Waals surface area contributed by atoms with Crippen LogP contribution in [0.4, 0.5) is 11.4 Å². The van der Waals surface area contributed by atoms with Crippen LogP contribution in [0.25, 0.3) is 0 Å². The summed E-state index contributed by atoms with van der Waals surface area (Å²) in [4.78, 5) is 10.4. The summed E-state index contributed by atoms with van der Waals surface area (Å²) in [5.74, 6) is 0. The Balaban J connectivity index is 0.00000578. The van der Waals surface area contributed by atoms with Crippen LogP contribution in [0.15, 0.2) is 46.4 Å². The summed E-state index contributed by atoms with van der Waals surface area (Å²) in [5.41, 5.74) is 9.71. The molecule has 0 radical (unpaired) electrons. The molecule has 0 N–H and O–H groups in total. The molecule has 2 nitrogen and oxygen atoms in total. The SMILES string of the molecule is CCCCCCCCC(=N\c1ccc(C)c(C)c1)/C(CCCCC)=N/c1ccc(C)c(C)c1.[Ni]. The van der Waals surface area contributed by atoms with E-state index in [1.54, 1.807) is 0 Å². The monoisotopic (exact) mass is 504 g/mol. The van der Waals surface area contributed by atoms with Gasteiger partial charge >= 0.3 is 0 Å². The summed E-state index contributed by atoms with van der Waals surface area (Å²) < 4.78 is 0. The van der Waals surface area contributed by atoms with Crippen LogP contribution in [0.5, 0.6) is 0 Å². The zero-order chi connectivity index (χ0) is 24.1.